The van der Waals surface area contributed by atoms with Crippen LogP contribution in [0, 0.1) is 6.92 Å². The largest absolute Gasteiger partial charge is 0.370 e. The third kappa shape index (κ3) is 3.35. The van der Waals surface area contributed by atoms with Crippen LogP contribution in [0.4, 0.5) is 5.69 Å². The average Bonchev–Trinajstić information content (AvgIpc) is 2.74. The summed E-state index contributed by atoms with van der Waals surface area (Å²) in [6.07, 6.45) is 1.20. The van der Waals surface area contributed by atoms with Crippen LogP contribution in [0.25, 0.3) is 0 Å². The Kier molecular flexibility index (Phi) is 4.28. The van der Waals surface area contributed by atoms with E-state index in [0.29, 0.717) is 0 Å². The van der Waals surface area contributed by atoms with Crippen molar-refractivity contribution >= 4 is 17.0 Å². The van der Waals surface area contributed by atoms with Crippen molar-refractivity contribution in [1.29, 1.82) is 0 Å². The number of nitrogens with zero attached hydrogens (tertiary/aromatic N) is 4. The van der Waals surface area contributed by atoms with Gasteiger partial charge in [0, 0.05) is 31.9 Å². The first-order valence-corrected chi connectivity index (χ1v) is 7.94. The second-order valence-electron chi connectivity index (χ2n) is 5.17. The fourth-order valence-corrected chi connectivity index (χ4v) is 3.37. The standard InChI is InChI=1S/C15H20N4S/c1-13-16-17-15(20-13)12-18-8-5-9-19(11-10-18)14-6-3-2-4-7-14/h2-4,6-7H,5,8-12H2,1H3. The molecule has 5 heteroatoms. The normalized spacial score (nSPS) is 17.1. The maximum atomic E-state index is 4.23. The van der Waals surface area contributed by atoms with Crippen LogP contribution < -0.4 is 4.90 Å². The lowest BCUT2D eigenvalue weighted by Crippen LogP contribution is -2.30. The number of aromatic nitrogens is 2. The maximum Gasteiger partial charge on any atom is 0.131 e. The summed E-state index contributed by atoms with van der Waals surface area (Å²) >= 11 is 1.71. The molecule has 1 aromatic heterocycles. The zero-order valence-electron chi connectivity index (χ0n) is 11.8. The van der Waals surface area contributed by atoms with E-state index in [1.54, 1.807) is 11.3 Å². The molecule has 1 saturated heterocycles. The summed E-state index contributed by atoms with van der Waals surface area (Å²) < 4.78 is 0. The highest BCUT2D eigenvalue weighted by atomic mass is 32.1. The molecule has 20 heavy (non-hydrogen) atoms. The first kappa shape index (κ1) is 13.5. The number of benzene rings is 1. The van der Waals surface area contributed by atoms with E-state index in [4.69, 9.17) is 0 Å². The van der Waals surface area contributed by atoms with Crippen LogP contribution in [0.5, 0.6) is 0 Å². The molecular formula is C15H20N4S. The Morgan fingerprint density at radius 3 is 2.65 bits per heavy atom. The molecule has 0 N–H and O–H groups in total. The third-order valence-corrected chi connectivity index (χ3v) is 4.46. The van der Waals surface area contributed by atoms with Crippen LogP contribution in [0.1, 0.15) is 16.4 Å². The van der Waals surface area contributed by atoms with Crippen LogP contribution in [0.15, 0.2) is 30.3 Å². The molecule has 0 amide bonds. The topological polar surface area (TPSA) is 32.3 Å². The first-order valence-electron chi connectivity index (χ1n) is 7.12. The predicted molar refractivity (Wildman–Crippen MR) is 83.2 cm³/mol. The molecule has 0 radical (unpaired) electrons. The molecule has 0 saturated carbocycles. The lowest BCUT2D eigenvalue weighted by atomic mass is 10.3. The molecule has 0 unspecified atom stereocenters. The fourth-order valence-electron chi connectivity index (χ4n) is 2.62. The Balaban J connectivity index is 1.59. The van der Waals surface area contributed by atoms with E-state index in [9.17, 15) is 0 Å². The highest BCUT2D eigenvalue weighted by Crippen LogP contribution is 2.17. The Bertz CT molecular complexity index is 540. The number of para-hydroxylation sites is 1. The summed E-state index contributed by atoms with van der Waals surface area (Å²) in [5, 5.41) is 10.5. The Hall–Kier alpha value is -1.46. The highest BCUT2D eigenvalue weighted by molar-refractivity contribution is 7.11. The minimum Gasteiger partial charge on any atom is -0.370 e. The summed E-state index contributed by atoms with van der Waals surface area (Å²) in [4.78, 5) is 4.97. The molecule has 1 aliphatic heterocycles. The molecule has 106 valence electrons. The maximum absolute atomic E-state index is 4.23. The minimum atomic E-state index is 0.939. The lowest BCUT2D eigenvalue weighted by molar-refractivity contribution is 0.284. The molecule has 0 spiro atoms. The van der Waals surface area contributed by atoms with Crippen LogP contribution >= 0.6 is 11.3 Å². The molecule has 1 aromatic carbocycles. The molecule has 3 rings (SSSR count). The molecule has 2 aromatic rings. The molecule has 1 fully saturated rings. The van der Waals surface area contributed by atoms with Gasteiger partial charge in [0.2, 0.25) is 0 Å². The molecule has 1 aliphatic rings. The summed E-state index contributed by atoms with van der Waals surface area (Å²) in [7, 11) is 0. The van der Waals surface area contributed by atoms with Crippen molar-refractivity contribution in [3.8, 4) is 0 Å². The van der Waals surface area contributed by atoms with E-state index >= 15 is 0 Å². The minimum absolute atomic E-state index is 0.939. The second-order valence-corrected chi connectivity index (χ2v) is 6.43. The van der Waals surface area contributed by atoms with E-state index in [1.165, 1.54) is 12.1 Å². The van der Waals surface area contributed by atoms with Crippen molar-refractivity contribution in [2.45, 2.75) is 19.9 Å². The lowest BCUT2D eigenvalue weighted by Gasteiger charge is -2.23. The van der Waals surface area contributed by atoms with Gasteiger partial charge in [0.15, 0.2) is 0 Å². The monoisotopic (exact) mass is 288 g/mol. The number of rotatable bonds is 3. The zero-order valence-corrected chi connectivity index (χ0v) is 12.6. The van der Waals surface area contributed by atoms with Gasteiger partial charge in [0.05, 0.1) is 6.54 Å². The Morgan fingerprint density at radius 1 is 1.05 bits per heavy atom. The van der Waals surface area contributed by atoms with E-state index in [0.717, 1.165) is 42.7 Å². The van der Waals surface area contributed by atoms with E-state index in [-0.39, 0.29) is 0 Å². The van der Waals surface area contributed by atoms with Crippen LogP contribution in [0.2, 0.25) is 0 Å². The first-order chi connectivity index (χ1) is 9.81. The fraction of sp³-hybridized carbons (Fsp3) is 0.467. The summed E-state index contributed by atoms with van der Waals surface area (Å²) in [6, 6.07) is 10.7. The van der Waals surface area contributed by atoms with Gasteiger partial charge in [-0.2, -0.15) is 0 Å². The van der Waals surface area contributed by atoms with Crippen molar-refractivity contribution in [2.24, 2.45) is 0 Å². The van der Waals surface area contributed by atoms with Crippen molar-refractivity contribution in [3.63, 3.8) is 0 Å². The molecule has 4 nitrogen and oxygen atoms in total. The summed E-state index contributed by atoms with van der Waals surface area (Å²) in [5.41, 5.74) is 1.33. The van der Waals surface area contributed by atoms with Crippen molar-refractivity contribution in [2.75, 3.05) is 31.1 Å². The smallest absolute Gasteiger partial charge is 0.131 e. The van der Waals surface area contributed by atoms with E-state index < -0.39 is 0 Å². The third-order valence-electron chi connectivity index (χ3n) is 3.64. The number of anilines is 1. The van der Waals surface area contributed by atoms with Crippen molar-refractivity contribution in [3.05, 3.63) is 40.3 Å². The van der Waals surface area contributed by atoms with Gasteiger partial charge in [-0.05, 0) is 25.5 Å². The van der Waals surface area contributed by atoms with Gasteiger partial charge in [-0.1, -0.05) is 18.2 Å². The second kappa shape index (κ2) is 6.33. The van der Waals surface area contributed by atoms with Crippen molar-refractivity contribution < 1.29 is 0 Å². The molecular weight excluding hydrogens is 268 g/mol. The summed E-state index contributed by atoms with van der Waals surface area (Å²) in [6.45, 7) is 7.40. The predicted octanol–water partition coefficient (Wildman–Crippen LogP) is 2.56. The van der Waals surface area contributed by atoms with Gasteiger partial charge in [-0.25, -0.2) is 0 Å². The number of aryl methyl sites for hydroxylation is 1. The average molecular weight is 288 g/mol. The highest BCUT2D eigenvalue weighted by Gasteiger charge is 2.16. The number of hydrogen-bond acceptors (Lipinski definition) is 5. The van der Waals surface area contributed by atoms with Gasteiger partial charge in [-0.15, -0.1) is 21.5 Å². The van der Waals surface area contributed by atoms with Gasteiger partial charge < -0.3 is 4.90 Å². The van der Waals surface area contributed by atoms with Gasteiger partial charge in [0.25, 0.3) is 0 Å². The quantitative estimate of drug-likeness (QED) is 0.869. The Labute approximate surface area is 124 Å². The SMILES string of the molecule is Cc1nnc(CN2CCCN(c3ccccc3)CC2)s1. The van der Waals surface area contributed by atoms with E-state index in [2.05, 4.69) is 50.3 Å². The van der Waals surface area contributed by atoms with E-state index in [1.807, 2.05) is 6.92 Å². The van der Waals surface area contributed by atoms with Crippen molar-refractivity contribution in [1.82, 2.24) is 15.1 Å². The van der Waals surface area contributed by atoms with Crippen LogP contribution in [-0.2, 0) is 6.54 Å². The van der Waals surface area contributed by atoms with Crippen LogP contribution in [0.3, 0.4) is 0 Å². The Morgan fingerprint density at radius 2 is 1.90 bits per heavy atom. The number of hydrogen-bond donors (Lipinski definition) is 0. The summed E-state index contributed by atoms with van der Waals surface area (Å²) in [5.74, 6) is 0. The molecule has 0 atom stereocenters. The molecule has 2 heterocycles. The molecule has 0 bridgehead atoms. The van der Waals surface area contributed by atoms with Gasteiger partial charge in [0.1, 0.15) is 10.0 Å². The van der Waals surface area contributed by atoms with Gasteiger partial charge in [-0.3, -0.25) is 4.90 Å². The van der Waals surface area contributed by atoms with Crippen LogP contribution in [-0.4, -0.2) is 41.3 Å². The zero-order chi connectivity index (χ0) is 13.8. The molecule has 0 aliphatic carbocycles. The van der Waals surface area contributed by atoms with Gasteiger partial charge >= 0.3 is 0 Å².